The van der Waals surface area contributed by atoms with Gasteiger partial charge in [0.2, 0.25) is 5.91 Å². The minimum absolute atomic E-state index is 0.0339. The second kappa shape index (κ2) is 11.2. The first-order chi connectivity index (χ1) is 13.6. The number of ether oxygens (including phenoxy) is 3. The molecule has 1 aromatic rings. The number of carbonyl (C=O) groups excluding carboxylic acids is 2. The maximum absolute atomic E-state index is 12.6. The summed E-state index contributed by atoms with van der Waals surface area (Å²) in [6.45, 7) is 3.60. The molecule has 0 aliphatic heterocycles. The van der Waals surface area contributed by atoms with Gasteiger partial charge in [-0.3, -0.25) is 9.59 Å². The monoisotopic (exact) mass is 388 g/mol. The van der Waals surface area contributed by atoms with Crippen LogP contribution in [0.2, 0.25) is 0 Å². The van der Waals surface area contributed by atoms with E-state index >= 15 is 0 Å². The summed E-state index contributed by atoms with van der Waals surface area (Å²) in [6, 6.07) is 7.03. The average molecular weight is 388 g/mol. The van der Waals surface area contributed by atoms with Crippen molar-refractivity contribution in [1.29, 1.82) is 5.26 Å². The van der Waals surface area contributed by atoms with Gasteiger partial charge in [-0.2, -0.15) is 5.26 Å². The number of nitrogens with zero attached hydrogens (tertiary/aromatic N) is 2. The highest BCUT2D eigenvalue weighted by atomic mass is 16.5. The van der Waals surface area contributed by atoms with E-state index in [4.69, 9.17) is 19.5 Å². The first-order valence-corrected chi connectivity index (χ1v) is 9.71. The third-order valence-corrected chi connectivity index (χ3v) is 4.50. The summed E-state index contributed by atoms with van der Waals surface area (Å²) in [5.41, 5.74) is 0.497. The van der Waals surface area contributed by atoms with Gasteiger partial charge in [-0.25, -0.2) is 0 Å². The van der Waals surface area contributed by atoms with Crippen LogP contribution < -0.4 is 9.47 Å². The van der Waals surface area contributed by atoms with Crippen molar-refractivity contribution in [3.8, 4) is 17.6 Å². The quantitative estimate of drug-likeness (QED) is 0.404. The maximum Gasteiger partial charge on any atom is 0.307 e. The van der Waals surface area contributed by atoms with Gasteiger partial charge in [0.05, 0.1) is 38.4 Å². The summed E-state index contributed by atoms with van der Waals surface area (Å²) in [5.74, 6) is 1.37. The molecule has 152 valence electrons. The number of esters is 1. The molecule has 1 aliphatic rings. The lowest BCUT2D eigenvalue weighted by molar-refractivity contribution is -0.144. The van der Waals surface area contributed by atoms with Gasteiger partial charge in [0.1, 0.15) is 0 Å². The smallest absolute Gasteiger partial charge is 0.307 e. The number of methoxy groups -OCH3 is 1. The lowest BCUT2D eigenvalue weighted by Crippen LogP contribution is -2.35. The zero-order valence-electron chi connectivity index (χ0n) is 16.6. The molecule has 0 atom stereocenters. The van der Waals surface area contributed by atoms with Gasteiger partial charge < -0.3 is 19.1 Å². The number of amides is 1. The molecule has 1 fully saturated rings. The van der Waals surface area contributed by atoms with Crippen LogP contribution in [0, 0.1) is 17.2 Å². The predicted octanol–water partition coefficient (Wildman–Crippen LogP) is 2.92. The standard InChI is InChI=1S/C21H28N2O5/c1-3-27-21(25)10-11-23(15-16-6-7-16)20(24)5-4-12-28-18-9-8-17(14-22)13-19(18)26-2/h8-9,13,16H,3-7,10-12,15H2,1-2H3. The van der Waals surface area contributed by atoms with Crippen molar-refractivity contribution >= 4 is 11.9 Å². The maximum atomic E-state index is 12.6. The van der Waals surface area contributed by atoms with E-state index in [-0.39, 0.29) is 18.3 Å². The predicted molar refractivity (Wildman–Crippen MR) is 103 cm³/mol. The Labute approximate surface area is 166 Å². The molecule has 0 saturated heterocycles. The van der Waals surface area contributed by atoms with Gasteiger partial charge >= 0.3 is 5.97 Å². The molecule has 2 rings (SSSR count). The van der Waals surface area contributed by atoms with Gasteiger partial charge in [0.15, 0.2) is 11.5 Å². The Hall–Kier alpha value is -2.75. The second-order valence-corrected chi connectivity index (χ2v) is 6.77. The van der Waals surface area contributed by atoms with Crippen LogP contribution >= 0.6 is 0 Å². The Morgan fingerprint density at radius 1 is 1.25 bits per heavy atom. The van der Waals surface area contributed by atoms with Crippen molar-refractivity contribution in [2.75, 3.05) is 33.4 Å². The van der Waals surface area contributed by atoms with Crippen molar-refractivity contribution in [3.05, 3.63) is 23.8 Å². The second-order valence-electron chi connectivity index (χ2n) is 6.77. The van der Waals surface area contributed by atoms with E-state index in [1.165, 1.54) is 7.11 Å². The third kappa shape index (κ3) is 7.10. The van der Waals surface area contributed by atoms with Crippen LogP contribution in [0.1, 0.15) is 44.6 Å². The molecule has 1 amide bonds. The first-order valence-electron chi connectivity index (χ1n) is 9.71. The molecular weight excluding hydrogens is 360 g/mol. The Morgan fingerprint density at radius 3 is 2.68 bits per heavy atom. The summed E-state index contributed by atoms with van der Waals surface area (Å²) in [7, 11) is 1.52. The molecule has 7 heteroatoms. The molecule has 0 aromatic heterocycles. The lowest BCUT2D eigenvalue weighted by atomic mass is 10.2. The summed E-state index contributed by atoms with van der Waals surface area (Å²) < 4.78 is 15.9. The zero-order valence-corrected chi connectivity index (χ0v) is 16.6. The normalized spacial score (nSPS) is 12.8. The molecule has 1 aliphatic carbocycles. The molecule has 0 bridgehead atoms. The SMILES string of the molecule is CCOC(=O)CCN(CC1CC1)C(=O)CCCOc1ccc(C#N)cc1OC. The van der Waals surface area contributed by atoms with Crippen LogP contribution in [0.3, 0.4) is 0 Å². The number of hydrogen-bond acceptors (Lipinski definition) is 6. The minimum Gasteiger partial charge on any atom is -0.493 e. The molecule has 7 nitrogen and oxygen atoms in total. The van der Waals surface area contributed by atoms with Gasteiger partial charge in [-0.15, -0.1) is 0 Å². The van der Waals surface area contributed by atoms with E-state index in [1.807, 2.05) is 0 Å². The molecule has 28 heavy (non-hydrogen) atoms. The molecule has 1 aromatic carbocycles. The molecule has 0 unspecified atom stereocenters. The molecular formula is C21H28N2O5. The van der Waals surface area contributed by atoms with Crippen molar-refractivity contribution in [2.24, 2.45) is 5.92 Å². The molecule has 1 saturated carbocycles. The van der Waals surface area contributed by atoms with Crippen LogP contribution in [0.5, 0.6) is 11.5 Å². The average Bonchev–Trinajstić information content (AvgIpc) is 3.52. The molecule has 0 heterocycles. The highest BCUT2D eigenvalue weighted by Crippen LogP contribution is 2.30. The van der Waals surface area contributed by atoms with E-state index in [1.54, 1.807) is 30.0 Å². The van der Waals surface area contributed by atoms with Crippen molar-refractivity contribution in [3.63, 3.8) is 0 Å². The number of carbonyl (C=O) groups is 2. The summed E-state index contributed by atoms with van der Waals surface area (Å²) in [4.78, 5) is 25.9. The van der Waals surface area contributed by atoms with E-state index in [0.29, 0.717) is 62.1 Å². The fourth-order valence-electron chi connectivity index (χ4n) is 2.81. The van der Waals surface area contributed by atoms with Crippen molar-refractivity contribution < 1.29 is 23.8 Å². The van der Waals surface area contributed by atoms with Crippen LogP contribution in [0.4, 0.5) is 0 Å². The van der Waals surface area contributed by atoms with Gasteiger partial charge in [0, 0.05) is 25.6 Å². The van der Waals surface area contributed by atoms with E-state index in [0.717, 1.165) is 12.8 Å². The van der Waals surface area contributed by atoms with Crippen LogP contribution in [-0.2, 0) is 14.3 Å². The van der Waals surface area contributed by atoms with Crippen LogP contribution in [0.25, 0.3) is 0 Å². The zero-order chi connectivity index (χ0) is 20.4. The van der Waals surface area contributed by atoms with Gasteiger partial charge in [0.25, 0.3) is 0 Å². The van der Waals surface area contributed by atoms with E-state index in [2.05, 4.69) is 6.07 Å². The summed E-state index contributed by atoms with van der Waals surface area (Å²) in [5, 5.41) is 8.93. The Morgan fingerprint density at radius 2 is 2.04 bits per heavy atom. The Kier molecular flexibility index (Phi) is 8.60. The third-order valence-electron chi connectivity index (χ3n) is 4.50. The van der Waals surface area contributed by atoms with Gasteiger partial charge in [-0.05, 0) is 44.2 Å². The fourth-order valence-corrected chi connectivity index (χ4v) is 2.81. The number of hydrogen-bond donors (Lipinski definition) is 0. The lowest BCUT2D eigenvalue weighted by Gasteiger charge is -2.22. The summed E-state index contributed by atoms with van der Waals surface area (Å²) in [6.07, 6.45) is 3.43. The number of rotatable bonds is 12. The largest absolute Gasteiger partial charge is 0.493 e. The molecule has 0 N–H and O–H groups in total. The van der Waals surface area contributed by atoms with Crippen LogP contribution in [-0.4, -0.2) is 50.2 Å². The van der Waals surface area contributed by atoms with Crippen molar-refractivity contribution in [2.45, 2.75) is 39.0 Å². The van der Waals surface area contributed by atoms with E-state index < -0.39 is 0 Å². The highest BCUT2D eigenvalue weighted by Gasteiger charge is 2.27. The Bertz CT molecular complexity index is 709. The topological polar surface area (TPSA) is 88.9 Å². The van der Waals surface area contributed by atoms with Crippen molar-refractivity contribution in [1.82, 2.24) is 4.90 Å². The van der Waals surface area contributed by atoms with E-state index in [9.17, 15) is 9.59 Å². The van der Waals surface area contributed by atoms with Gasteiger partial charge in [-0.1, -0.05) is 0 Å². The van der Waals surface area contributed by atoms with Crippen LogP contribution in [0.15, 0.2) is 18.2 Å². The fraction of sp³-hybridized carbons (Fsp3) is 0.571. The number of benzene rings is 1. The minimum atomic E-state index is -0.271. The number of nitriles is 1. The Balaban J connectivity index is 1.78. The first kappa shape index (κ1) is 21.5. The summed E-state index contributed by atoms with van der Waals surface area (Å²) >= 11 is 0. The molecule has 0 radical (unpaired) electrons. The molecule has 0 spiro atoms. The highest BCUT2D eigenvalue weighted by molar-refractivity contribution is 5.77.